The van der Waals surface area contributed by atoms with E-state index < -0.39 is 22.1 Å². The molecule has 1 aliphatic carbocycles. The molecular formula is C17H24F3N4NaO2S. The maximum atomic E-state index is 13.4. The van der Waals surface area contributed by atoms with Gasteiger partial charge in [0.05, 0.1) is 0 Å². The maximum absolute atomic E-state index is 13.4. The second-order valence-electron chi connectivity index (χ2n) is 8.08. The van der Waals surface area contributed by atoms with Crippen molar-refractivity contribution < 1.29 is 51.5 Å². The summed E-state index contributed by atoms with van der Waals surface area (Å²) in [5, 5.41) is -0.334. The van der Waals surface area contributed by atoms with Crippen LogP contribution in [-0.4, -0.2) is 55.9 Å². The maximum Gasteiger partial charge on any atom is 1.00 e. The smallest absolute Gasteiger partial charge is 0.771 e. The monoisotopic (exact) mass is 428 g/mol. The number of halogens is 3. The van der Waals surface area contributed by atoms with Crippen LogP contribution in [0.2, 0.25) is 0 Å². The SMILES string of the molecule is C[C@H]1CCCCN1c1nc(N2C[C@@H]3[C@H](C2)[C@@H]3[SH](C)(=O)[O-])cc(C(F)(F)F)n1.[Na+]. The zero-order valence-corrected chi connectivity index (χ0v) is 19.2. The molecule has 0 spiro atoms. The Morgan fingerprint density at radius 3 is 2.39 bits per heavy atom. The van der Waals surface area contributed by atoms with E-state index in [2.05, 4.69) is 9.97 Å². The Morgan fingerprint density at radius 2 is 1.86 bits per heavy atom. The Bertz CT molecular complexity index is 778. The average molecular weight is 428 g/mol. The van der Waals surface area contributed by atoms with Gasteiger partial charge in [0, 0.05) is 37.0 Å². The van der Waals surface area contributed by atoms with Crippen LogP contribution in [-0.2, 0) is 16.4 Å². The fourth-order valence-electron chi connectivity index (χ4n) is 4.63. The van der Waals surface area contributed by atoms with Crippen LogP contribution in [0.5, 0.6) is 0 Å². The zero-order valence-electron chi connectivity index (χ0n) is 16.3. The molecule has 3 fully saturated rings. The summed E-state index contributed by atoms with van der Waals surface area (Å²) < 4.78 is 63.7. The number of thiol groups is 1. The van der Waals surface area contributed by atoms with Crippen LogP contribution in [0, 0.1) is 11.8 Å². The molecule has 1 aromatic rings. The van der Waals surface area contributed by atoms with Crippen molar-refractivity contribution in [2.24, 2.45) is 11.8 Å². The van der Waals surface area contributed by atoms with E-state index in [0.29, 0.717) is 19.6 Å². The van der Waals surface area contributed by atoms with E-state index in [1.807, 2.05) is 11.8 Å². The fraction of sp³-hybridized carbons (Fsp3) is 0.765. The number of piperidine rings is 2. The van der Waals surface area contributed by atoms with Crippen molar-refractivity contribution in [3.05, 3.63) is 11.8 Å². The number of alkyl halides is 3. The van der Waals surface area contributed by atoms with Gasteiger partial charge in [-0.15, -0.1) is 0 Å². The summed E-state index contributed by atoms with van der Waals surface area (Å²) in [5.41, 5.74) is -0.942. The van der Waals surface area contributed by atoms with E-state index in [4.69, 9.17) is 0 Å². The Morgan fingerprint density at radius 1 is 1.21 bits per heavy atom. The summed E-state index contributed by atoms with van der Waals surface area (Å²) >= 11 is 0. The van der Waals surface area contributed by atoms with Crippen LogP contribution in [0.1, 0.15) is 31.9 Å². The zero-order chi connectivity index (χ0) is 19.6. The molecule has 0 amide bonds. The summed E-state index contributed by atoms with van der Waals surface area (Å²) in [6.07, 6.45) is -0.441. The molecule has 152 valence electrons. The molecule has 2 aliphatic heterocycles. The number of nitrogens with zero attached hydrogens (tertiary/aromatic N) is 4. The molecule has 1 aromatic heterocycles. The third kappa shape index (κ3) is 4.21. The first-order chi connectivity index (χ1) is 12.6. The van der Waals surface area contributed by atoms with E-state index in [1.54, 1.807) is 4.90 Å². The molecule has 11 heteroatoms. The van der Waals surface area contributed by atoms with Gasteiger partial charge in [-0.1, -0.05) is 0 Å². The van der Waals surface area contributed by atoms with Crippen molar-refractivity contribution in [1.29, 1.82) is 0 Å². The molecule has 0 unspecified atom stereocenters. The van der Waals surface area contributed by atoms with Gasteiger partial charge in [0.1, 0.15) is 5.82 Å². The minimum absolute atomic E-state index is 0. The fourth-order valence-corrected chi connectivity index (χ4v) is 6.55. The first-order valence-electron chi connectivity index (χ1n) is 9.32. The summed E-state index contributed by atoms with van der Waals surface area (Å²) in [6, 6.07) is 1.08. The van der Waals surface area contributed by atoms with E-state index in [9.17, 15) is 21.9 Å². The predicted octanol–water partition coefficient (Wildman–Crippen LogP) is -0.910. The number of rotatable bonds is 3. The Labute approximate surface area is 185 Å². The Kier molecular flexibility index (Phi) is 6.11. The van der Waals surface area contributed by atoms with E-state index in [1.165, 1.54) is 6.26 Å². The largest absolute Gasteiger partial charge is 1.00 e. The standard InChI is InChI=1S/C17H25F3N4O2S.Na/c1-10-5-3-4-6-24(10)16-21-13(17(18,19)20)7-14(22-16)23-8-11-12(9-23)15(11)27(2,25)26;/h7,10-12,15,27H,3-6,8-9H2,1-2H3,(H,25,26);/q;+1/p-1/t10-,11-,12+,15-;/m0./s1. The van der Waals surface area contributed by atoms with Gasteiger partial charge in [-0.25, -0.2) is 9.19 Å². The second kappa shape index (κ2) is 7.68. The number of fused-ring (bicyclic) bond motifs is 1. The minimum atomic E-state index is -4.55. The normalized spacial score (nSPS) is 30.6. The average Bonchev–Trinajstić information content (AvgIpc) is 3.11. The molecule has 1 saturated carbocycles. The molecule has 4 atom stereocenters. The van der Waals surface area contributed by atoms with E-state index in [-0.39, 0.29) is 64.5 Å². The summed E-state index contributed by atoms with van der Waals surface area (Å²) in [5.74, 6) is 0.363. The number of aromatic nitrogens is 2. The number of hydrogen-bond acceptors (Lipinski definition) is 6. The van der Waals surface area contributed by atoms with Crippen molar-refractivity contribution in [3.63, 3.8) is 0 Å². The van der Waals surface area contributed by atoms with Gasteiger partial charge >= 0.3 is 35.7 Å². The second-order valence-corrected chi connectivity index (χ2v) is 10.5. The molecule has 0 bridgehead atoms. The molecular weight excluding hydrogens is 404 g/mol. The minimum Gasteiger partial charge on any atom is -0.771 e. The number of anilines is 2. The molecule has 28 heavy (non-hydrogen) atoms. The van der Waals surface area contributed by atoms with Gasteiger partial charge in [-0.3, -0.25) is 0 Å². The number of hydrogen-bond donors (Lipinski definition) is 1. The van der Waals surface area contributed by atoms with E-state index in [0.717, 1.165) is 25.3 Å². The summed E-state index contributed by atoms with van der Waals surface area (Å²) in [4.78, 5) is 11.9. The predicted molar refractivity (Wildman–Crippen MR) is 96.9 cm³/mol. The molecule has 4 rings (SSSR count). The topological polar surface area (TPSA) is 72.4 Å². The van der Waals surface area contributed by atoms with Gasteiger partial charge in [-0.2, -0.15) is 18.2 Å². The summed E-state index contributed by atoms with van der Waals surface area (Å²) in [7, 11) is -3.40. The third-order valence-electron chi connectivity index (χ3n) is 6.07. The molecule has 3 aliphatic rings. The van der Waals surface area contributed by atoms with Crippen LogP contribution < -0.4 is 39.4 Å². The van der Waals surface area contributed by atoms with Crippen molar-refractivity contribution >= 4 is 22.0 Å². The van der Waals surface area contributed by atoms with Crippen LogP contribution in [0.4, 0.5) is 24.9 Å². The molecule has 0 aromatic carbocycles. The quantitative estimate of drug-likeness (QED) is 0.497. The van der Waals surface area contributed by atoms with Gasteiger partial charge in [0.25, 0.3) is 0 Å². The van der Waals surface area contributed by atoms with Gasteiger partial charge in [-0.05, 0) is 44.3 Å². The van der Waals surface area contributed by atoms with Crippen LogP contribution in [0.3, 0.4) is 0 Å². The first-order valence-corrected chi connectivity index (χ1v) is 11.5. The molecule has 0 radical (unpaired) electrons. The van der Waals surface area contributed by atoms with Crippen molar-refractivity contribution in [1.82, 2.24) is 9.97 Å². The summed E-state index contributed by atoms with van der Waals surface area (Å²) in [6.45, 7) is 3.48. The van der Waals surface area contributed by atoms with Gasteiger partial charge < -0.3 is 24.6 Å². The van der Waals surface area contributed by atoms with Crippen LogP contribution >= 0.6 is 0 Å². The first kappa shape index (κ1) is 22.3. The van der Waals surface area contributed by atoms with Crippen LogP contribution in [0.25, 0.3) is 0 Å². The van der Waals surface area contributed by atoms with Crippen LogP contribution in [0.15, 0.2) is 6.07 Å². The van der Waals surface area contributed by atoms with Gasteiger partial charge in [0.2, 0.25) is 5.95 Å². The van der Waals surface area contributed by atoms with Crippen molar-refractivity contribution in [2.45, 2.75) is 43.7 Å². The van der Waals surface area contributed by atoms with E-state index >= 15 is 0 Å². The Hall–Kier alpha value is -0.420. The third-order valence-corrected chi connectivity index (χ3v) is 7.91. The molecule has 3 heterocycles. The van der Waals surface area contributed by atoms with Gasteiger partial charge in [0.15, 0.2) is 5.69 Å². The van der Waals surface area contributed by atoms with Crippen molar-refractivity contribution in [3.8, 4) is 0 Å². The molecule has 6 nitrogen and oxygen atoms in total. The Balaban J connectivity index is 0.00000225. The number of sulfone groups is 1. The molecule has 0 N–H and O–H groups in total. The van der Waals surface area contributed by atoms with Crippen molar-refractivity contribution in [2.75, 3.05) is 35.7 Å². The molecule has 2 saturated heterocycles.